The number of thioether (sulfide) groups is 1. The van der Waals surface area contributed by atoms with Crippen molar-refractivity contribution >= 4 is 29.0 Å². The number of rotatable bonds is 6. The first kappa shape index (κ1) is 19.2. The molecule has 1 aliphatic rings. The van der Waals surface area contributed by atoms with Crippen LogP contribution in [0.5, 0.6) is 0 Å². The molecular weight excluding hydrogens is 388 g/mol. The average molecular weight is 413 g/mol. The van der Waals surface area contributed by atoms with Gasteiger partial charge in [-0.2, -0.15) is 0 Å². The van der Waals surface area contributed by atoms with Crippen molar-refractivity contribution in [3.63, 3.8) is 0 Å². The zero-order chi connectivity index (χ0) is 19.3. The van der Waals surface area contributed by atoms with Gasteiger partial charge in [-0.05, 0) is 35.8 Å². The van der Waals surface area contributed by atoms with Gasteiger partial charge < -0.3 is 4.90 Å². The van der Waals surface area contributed by atoms with Crippen LogP contribution in [-0.4, -0.2) is 44.4 Å². The quantitative estimate of drug-likeness (QED) is 0.563. The summed E-state index contributed by atoms with van der Waals surface area (Å²) in [5, 5.41) is 11.7. The van der Waals surface area contributed by atoms with Crippen LogP contribution in [0.1, 0.15) is 25.3 Å². The number of carbonyl (C=O) groups excluding carboxylic acids is 1. The third-order valence-corrected chi connectivity index (χ3v) is 6.79. The van der Waals surface area contributed by atoms with E-state index in [4.69, 9.17) is 0 Å². The Labute approximate surface area is 173 Å². The monoisotopic (exact) mass is 412 g/mol. The average Bonchev–Trinajstić information content (AvgIpc) is 3.37. The predicted molar refractivity (Wildman–Crippen MR) is 115 cm³/mol. The largest absolute Gasteiger partial charge is 0.342 e. The van der Waals surface area contributed by atoms with E-state index < -0.39 is 0 Å². The van der Waals surface area contributed by atoms with E-state index in [1.165, 1.54) is 23.7 Å². The molecule has 0 spiro atoms. The number of amides is 1. The van der Waals surface area contributed by atoms with Crippen LogP contribution in [0.15, 0.2) is 53.0 Å². The third-order valence-electron chi connectivity index (χ3n) is 4.98. The number of hydrogen-bond donors (Lipinski definition) is 0. The first-order valence-corrected chi connectivity index (χ1v) is 11.5. The van der Waals surface area contributed by atoms with E-state index >= 15 is 0 Å². The fourth-order valence-corrected chi connectivity index (χ4v) is 5.08. The topological polar surface area (TPSA) is 51.0 Å². The molecular formula is C21H24N4OS2. The Morgan fingerprint density at radius 1 is 1.21 bits per heavy atom. The summed E-state index contributed by atoms with van der Waals surface area (Å²) >= 11 is 3.14. The van der Waals surface area contributed by atoms with Crippen LogP contribution in [0, 0.1) is 5.92 Å². The number of benzene rings is 1. The molecule has 2 aromatic heterocycles. The molecule has 7 heteroatoms. The van der Waals surface area contributed by atoms with E-state index in [9.17, 15) is 4.79 Å². The summed E-state index contributed by atoms with van der Waals surface area (Å²) in [5.41, 5.74) is 1.19. The highest BCUT2D eigenvalue weighted by Crippen LogP contribution is 2.28. The predicted octanol–water partition coefficient (Wildman–Crippen LogP) is 4.41. The maximum atomic E-state index is 12.7. The normalized spacial score (nSPS) is 17.0. The summed E-state index contributed by atoms with van der Waals surface area (Å²) in [4.78, 5) is 15.8. The van der Waals surface area contributed by atoms with Crippen molar-refractivity contribution in [3.8, 4) is 10.7 Å². The Morgan fingerprint density at radius 2 is 2.07 bits per heavy atom. The van der Waals surface area contributed by atoms with E-state index in [0.717, 1.165) is 35.4 Å². The number of nitrogens with zero attached hydrogens (tertiary/aromatic N) is 4. The Hall–Kier alpha value is -2.12. The fraction of sp³-hybridized carbons (Fsp3) is 0.381. The van der Waals surface area contributed by atoms with Gasteiger partial charge in [0.2, 0.25) is 5.91 Å². The third kappa shape index (κ3) is 4.47. The Kier molecular flexibility index (Phi) is 6.12. The molecule has 1 unspecified atom stereocenters. The molecule has 1 amide bonds. The molecule has 3 heterocycles. The molecule has 1 aromatic carbocycles. The van der Waals surface area contributed by atoms with Gasteiger partial charge in [0.15, 0.2) is 11.0 Å². The number of carbonyl (C=O) groups is 1. The van der Waals surface area contributed by atoms with E-state index in [-0.39, 0.29) is 5.91 Å². The molecule has 3 aromatic rings. The van der Waals surface area contributed by atoms with E-state index in [1.807, 2.05) is 34.5 Å². The van der Waals surface area contributed by atoms with Crippen molar-refractivity contribution < 1.29 is 4.79 Å². The molecule has 28 heavy (non-hydrogen) atoms. The van der Waals surface area contributed by atoms with Gasteiger partial charge in [-0.25, -0.2) is 0 Å². The minimum atomic E-state index is 0.198. The smallest absolute Gasteiger partial charge is 0.233 e. The SMILES string of the molecule is CC1CCCN(C(=O)CSc2nnc(-c3cccs3)n2Cc2ccccc2)C1. The summed E-state index contributed by atoms with van der Waals surface area (Å²) in [7, 11) is 0. The van der Waals surface area contributed by atoms with Gasteiger partial charge in [0, 0.05) is 13.1 Å². The maximum absolute atomic E-state index is 12.7. The van der Waals surface area contributed by atoms with Crippen molar-refractivity contribution in [1.82, 2.24) is 19.7 Å². The van der Waals surface area contributed by atoms with Crippen molar-refractivity contribution in [2.45, 2.75) is 31.5 Å². The summed E-state index contributed by atoms with van der Waals surface area (Å²) in [6.07, 6.45) is 2.32. The van der Waals surface area contributed by atoms with Crippen molar-refractivity contribution in [3.05, 3.63) is 53.4 Å². The minimum absolute atomic E-state index is 0.198. The van der Waals surface area contributed by atoms with E-state index in [2.05, 4.69) is 39.9 Å². The number of thiophene rings is 1. The van der Waals surface area contributed by atoms with Gasteiger partial charge in [0.05, 0.1) is 17.2 Å². The van der Waals surface area contributed by atoms with Crippen molar-refractivity contribution in [2.24, 2.45) is 5.92 Å². The van der Waals surface area contributed by atoms with Crippen LogP contribution in [0.25, 0.3) is 10.7 Å². The molecule has 0 N–H and O–H groups in total. The molecule has 1 aliphatic heterocycles. The molecule has 1 fully saturated rings. The molecule has 4 rings (SSSR count). The second-order valence-electron chi connectivity index (χ2n) is 7.23. The Balaban J connectivity index is 1.52. The summed E-state index contributed by atoms with van der Waals surface area (Å²) < 4.78 is 2.12. The number of likely N-dealkylation sites (tertiary alicyclic amines) is 1. The Bertz CT molecular complexity index is 908. The molecule has 5 nitrogen and oxygen atoms in total. The highest BCUT2D eigenvalue weighted by Gasteiger charge is 2.22. The maximum Gasteiger partial charge on any atom is 0.233 e. The van der Waals surface area contributed by atoms with Gasteiger partial charge in [0.1, 0.15) is 0 Å². The zero-order valence-electron chi connectivity index (χ0n) is 16.0. The summed E-state index contributed by atoms with van der Waals surface area (Å²) in [6, 6.07) is 14.4. The van der Waals surface area contributed by atoms with E-state index in [0.29, 0.717) is 18.2 Å². The lowest BCUT2D eigenvalue weighted by Crippen LogP contribution is -2.40. The van der Waals surface area contributed by atoms with Crippen LogP contribution in [0.4, 0.5) is 0 Å². The summed E-state index contributed by atoms with van der Waals surface area (Å²) in [5.74, 6) is 2.06. The molecule has 146 valence electrons. The Morgan fingerprint density at radius 3 is 2.82 bits per heavy atom. The molecule has 0 saturated carbocycles. The standard InChI is InChI=1S/C21H24N4OS2/c1-16-7-5-11-24(13-16)19(26)15-28-21-23-22-20(18-10-6-12-27-18)25(21)14-17-8-3-2-4-9-17/h2-4,6,8-10,12,16H,5,7,11,13-15H2,1H3. The van der Waals surface area contributed by atoms with Gasteiger partial charge in [-0.15, -0.1) is 21.5 Å². The highest BCUT2D eigenvalue weighted by molar-refractivity contribution is 7.99. The molecule has 0 radical (unpaired) electrons. The lowest BCUT2D eigenvalue weighted by atomic mass is 10.0. The van der Waals surface area contributed by atoms with Crippen LogP contribution >= 0.6 is 23.1 Å². The van der Waals surface area contributed by atoms with Crippen LogP contribution in [0.3, 0.4) is 0 Å². The van der Waals surface area contributed by atoms with Gasteiger partial charge in [-0.3, -0.25) is 9.36 Å². The second kappa shape index (κ2) is 8.92. The number of hydrogen-bond acceptors (Lipinski definition) is 5. The van der Waals surface area contributed by atoms with Gasteiger partial charge >= 0.3 is 0 Å². The van der Waals surface area contributed by atoms with Crippen molar-refractivity contribution in [1.29, 1.82) is 0 Å². The number of piperidine rings is 1. The van der Waals surface area contributed by atoms with Gasteiger partial charge in [-0.1, -0.05) is 55.1 Å². The van der Waals surface area contributed by atoms with Crippen LogP contribution in [-0.2, 0) is 11.3 Å². The van der Waals surface area contributed by atoms with Crippen molar-refractivity contribution in [2.75, 3.05) is 18.8 Å². The van der Waals surface area contributed by atoms with Gasteiger partial charge in [0.25, 0.3) is 0 Å². The lowest BCUT2D eigenvalue weighted by molar-refractivity contribution is -0.130. The molecule has 1 atom stereocenters. The molecule has 0 aliphatic carbocycles. The van der Waals surface area contributed by atoms with E-state index in [1.54, 1.807) is 11.3 Å². The van der Waals surface area contributed by atoms with Crippen LogP contribution in [0.2, 0.25) is 0 Å². The summed E-state index contributed by atoms with van der Waals surface area (Å²) in [6.45, 7) is 4.66. The zero-order valence-corrected chi connectivity index (χ0v) is 17.6. The van der Waals surface area contributed by atoms with Crippen LogP contribution < -0.4 is 0 Å². The first-order chi connectivity index (χ1) is 13.7. The number of aromatic nitrogens is 3. The fourth-order valence-electron chi connectivity index (χ4n) is 3.53. The highest BCUT2D eigenvalue weighted by atomic mass is 32.2. The second-order valence-corrected chi connectivity index (χ2v) is 9.12. The minimum Gasteiger partial charge on any atom is -0.342 e. The molecule has 1 saturated heterocycles. The lowest BCUT2D eigenvalue weighted by Gasteiger charge is -2.30. The molecule has 0 bridgehead atoms. The first-order valence-electron chi connectivity index (χ1n) is 9.62.